The quantitative estimate of drug-likeness (QED) is 0.661. The van der Waals surface area contributed by atoms with Crippen molar-refractivity contribution in [3.63, 3.8) is 0 Å². The molecule has 0 aliphatic heterocycles. The first-order chi connectivity index (χ1) is 10.6. The molecule has 1 heterocycles. The fourth-order valence-corrected chi connectivity index (χ4v) is 2.90. The average Bonchev–Trinajstić information content (AvgIpc) is 2.83. The normalized spacial score (nSPS) is 10.9. The summed E-state index contributed by atoms with van der Waals surface area (Å²) in [6.07, 6.45) is 1.06. The van der Waals surface area contributed by atoms with Crippen LogP contribution in [0.15, 0.2) is 48.5 Å². The van der Waals surface area contributed by atoms with E-state index in [0.29, 0.717) is 0 Å². The lowest BCUT2D eigenvalue weighted by atomic mass is 10.0. The smallest absolute Gasteiger partial charge is 0.0679 e. The molecule has 0 bridgehead atoms. The first-order valence-electron chi connectivity index (χ1n) is 7.82. The van der Waals surface area contributed by atoms with E-state index in [1.54, 1.807) is 0 Å². The molecule has 1 aromatic heterocycles. The molecule has 0 fully saturated rings. The maximum Gasteiger partial charge on any atom is 0.0679 e. The summed E-state index contributed by atoms with van der Waals surface area (Å²) in [4.78, 5) is 0. The summed E-state index contributed by atoms with van der Waals surface area (Å²) in [6.45, 7) is 8.51. The van der Waals surface area contributed by atoms with Crippen molar-refractivity contribution in [3.8, 4) is 16.8 Å². The summed E-state index contributed by atoms with van der Waals surface area (Å²) in [5.74, 6) is 0. The maximum absolute atomic E-state index is 4.75. The van der Waals surface area contributed by atoms with Crippen molar-refractivity contribution in [1.29, 1.82) is 0 Å². The van der Waals surface area contributed by atoms with Crippen LogP contribution in [0.1, 0.15) is 29.4 Å². The van der Waals surface area contributed by atoms with Crippen LogP contribution < -0.4 is 0 Å². The van der Waals surface area contributed by atoms with Gasteiger partial charge in [0, 0.05) is 11.3 Å². The minimum atomic E-state index is 1.06. The second-order valence-electron chi connectivity index (χ2n) is 5.84. The lowest BCUT2D eigenvalue weighted by Crippen LogP contribution is -1.99. The van der Waals surface area contributed by atoms with Crippen molar-refractivity contribution in [2.24, 2.45) is 0 Å². The number of nitrogens with zero attached hydrogens (tertiary/aromatic N) is 2. The van der Waals surface area contributed by atoms with Gasteiger partial charge in [-0.2, -0.15) is 5.10 Å². The molecule has 2 heteroatoms. The topological polar surface area (TPSA) is 17.8 Å². The Labute approximate surface area is 132 Å². The van der Waals surface area contributed by atoms with E-state index < -0.39 is 0 Å². The fraction of sp³-hybridized carbons (Fsp3) is 0.250. The Morgan fingerprint density at radius 2 is 1.50 bits per heavy atom. The number of hydrogen-bond acceptors (Lipinski definition) is 1. The van der Waals surface area contributed by atoms with E-state index in [1.807, 2.05) is 4.68 Å². The van der Waals surface area contributed by atoms with Crippen LogP contribution in [0.25, 0.3) is 16.8 Å². The highest BCUT2D eigenvalue weighted by atomic mass is 15.3. The Morgan fingerprint density at radius 1 is 0.864 bits per heavy atom. The van der Waals surface area contributed by atoms with Gasteiger partial charge in [0.05, 0.1) is 11.4 Å². The largest absolute Gasteiger partial charge is 0.237 e. The summed E-state index contributed by atoms with van der Waals surface area (Å²) in [7, 11) is 0. The first kappa shape index (κ1) is 14.6. The predicted molar refractivity (Wildman–Crippen MR) is 92.6 cm³/mol. The lowest BCUT2D eigenvalue weighted by molar-refractivity contribution is 0.833. The highest BCUT2D eigenvalue weighted by Gasteiger charge is 2.14. The number of benzene rings is 2. The molecule has 0 radical (unpaired) electrons. The van der Waals surface area contributed by atoms with E-state index in [2.05, 4.69) is 76.2 Å². The molecular formula is C20H22N2. The molecule has 0 aliphatic carbocycles. The van der Waals surface area contributed by atoms with Crippen molar-refractivity contribution in [1.82, 2.24) is 9.78 Å². The highest BCUT2D eigenvalue weighted by Crippen LogP contribution is 2.28. The van der Waals surface area contributed by atoms with Gasteiger partial charge >= 0.3 is 0 Å². The van der Waals surface area contributed by atoms with Crippen molar-refractivity contribution < 1.29 is 0 Å². The Morgan fingerprint density at radius 3 is 2.09 bits per heavy atom. The molecule has 0 aliphatic rings. The standard InChI is InChI=1S/C20H22N2/c1-5-17-8-12-19(13-9-17)22-16(4)20(15(3)21-22)18-10-6-14(2)7-11-18/h6-13H,5H2,1-4H3. The second-order valence-corrected chi connectivity index (χ2v) is 5.84. The fourth-order valence-electron chi connectivity index (χ4n) is 2.90. The summed E-state index contributed by atoms with van der Waals surface area (Å²) in [5, 5.41) is 4.75. The third kappa shape index (κ3) is 2.57. The van der Waals surface area contributed by atoms with Gasteiger partial charge in [-0.25, -0.2) is 4.68 Å². The van der Waals surface area contributed by atoms with Crippen LogP contribution >= 0.6 is 0 Å². The SMILES string of the molecule is CCc1ccc(-n2nc(C)c(-c3ccc(C)cc3)c2C)cc1. The molecule has 3 aromatic rings. The number of aryl methyl sites for hydroxylation is 3. The molecule has 0 N–H and O–H groups in total. The molecule has 0 saturated heterocycles. The molecule has 0 atom stereocenters. The molecular weight excluding hydrogens is 268 g/mol. The summed E-state index contributed by atoms with van der Waals surface area (Å²) < 4.78 is 2.05. The monoisotopic (exact) mass is 290 g/mol. The van der Waals surface area contributed by atoms with Crippen LogP contribution in [-0.4, -0.2) is 9.78 Å². The van der Waals surface area contributed by atoms with Gasteiger partial charge in [-0.1, -0.05) is 48.9 Å². The van der Waals surface area contributed by atoms with E-state index in [0.717, 1.165) is 17.8 Å². The van der Waals surface area contributed by atoms with Crippen LogP contribution in [0.4, 0.5) is 0 Å². The second kappa shape index (κ2) is 5.80. The van der Waals surface area contributed by atoms with Crippen LogP contribution in [0.3, 0.4) is 0 Å². The van der Waals surface area contributed by atoms with Crippen LogP contribution in [-0.2, 0) is 6.42 Å². The summed E-state index contributed by atoms with van der Waals surface area (Å²) in [6, 6.07) is 17.3. The van der Waals surface area contributed by atoms with E-state index in [9.17, 15) is 0 Å². The molecule has 22 heavy (non-hydrogen) atoms. The third-order valence-electron chi connectivity index (χ3n) is 4.22. The van der Waals surface area contributed by atoms with Crippen molar-refractivity contribution in [2.75, 3.05) is 0 Å². The highest BCUT2D eigenvalue weighted by molar-refractivity contribution is 5.69. The molecule has 2 aromatic carbocycles. The molecule has 0 amide bonds. The number of hydrogen-bond donors (Lipinski definition) is 0. The zero-order valence-electron chi connectivity index (χ0n) is 13.7. The van der Waals surface area contributed by atoms with Gasteiger partial charge in [0.25, 0.3) is 0 Å². The van der Waals surface area contributed by atoms with Gasteiger partial charge in [-0.15, -0.1) is 0 Å². The van der Waals surface area contributed by atoms with Crippen LogP contribution in [0, 0.1) is 20.8 Å². The minimum absolute atomic E-state index is 1.06. The minimum Gasteiger partial charge on any atom is -0.237 e. The van der Waals surface area contributed by atoms with Gasteiger partial charge in [-0.3, -0.25) is 0 Å². The Hall–Kier alpha value is -2.35. The van der Waals surface area contributed by atoms with Gasteiger partial charge in [0.1, 0.15) is 0 Å². The Kier molecular flexibility index (Phi) is 3.84. The Bertz CT molecular complexity index is 778. The Balaban J connectivity index is 2.07. The van der Waals surface area contributed by atoms with Crippen molar-refractivity contribution in [2.45, 2.75) is 34.1 Å². The molecule has 3 rings (SSSR count). The predicted octanol–water partition coefficient (Wildman–Crippen LogP) is 5.03. The summed E-state index contributed by atoms with van der Waals surface area (Å²) >= 11 is 0. The molecule has 0 unspecified atom stereocenters. The zero-order valence-corrected chi connectivity index (χ0v) is 13.7. The van der Waals surface area contributed by atoms with E-state index in [4.69, 9.17) is 5.10 Å². The van der Waals surface area contributed by atoms with Gasteiger partial charge in [0.15, 0.2) is 0 Å². The molecule has 0 spiro atoms. The average molecular weight is 290 g/mol. The van der Waals surface area contributed by atoms with Gasteiger partial charge in [0.2, 0.25) is 0 Å². The molecule has 0 saturated carbocycles. The number of rotatable bonds is 3. The maximum atomic E-state index is 4.75. The van der Waals surface area contributed by atoms with Crippen molar-refractivity contribution >= 4 is 0 Å². The van der Waals surface area contributed by atoms with E-state index in [-0.39, 0.29) is 0 Å². The summed E-state index contributed by atoms with van der Waals surface area (Å²) in [5.41, 5.74) is 8.48. The third-order valence-corrected chi connectivity index (χ3v) is 4.22. The lowest BCUT2D eigenvalue weighted by Gasteiger charge is -2.07. The van der Waals surface area contributed by atoms with Gasteiger partial charge < -0.3 is 0 Å². The zero-order chi connectivity index (χ0) is 15.7. The van der Waals surface area contributed by atoms with Gasteiger partial charge in [-0.05, 0) is 50.5 Å². The van der Waals surface area contributed by atoms with Crippen LogP contribution in [0.2, 0.25) is 0 Å². The molecule has 2 nitrogen and oxygen atoms in total. The van der Waals surface area contributed by atoms with E-state index >= 15 is 0 Å². The van der Waals surface area contributed by atoms with Crippen molar-refractivity contribution in [3.05, 3.63) is 71.0 Å². The number of aromatic nitrogens is 2. The van der Waals surface area contributed by atoms with Crippen LogP contribution in [0.5, 0.6) is 0 Å². The first-order valence-corrected chi connectivity index (χ1v) is 7.82. The van der Waals surface area contributed by atoms with E-state index in [1.165, 1.54) is 27.9 Å². The molecule has 112 valence electrons.